The van der Waals surface area contributed by atoms with Crippen molar-refractivity contribution >= 4 is 21.6 Å². The predicted molar refractivity (Wildman–Crippen MR) is 118 cm³/mol. The number of hydrogen-bond acceptors (Lipinski definition) is 5. The molecule has 2 fully saturated rings. The molecular formula is C23H26N4O3S. The second kappa shape index (κ2) is 9.08. The zero-order chi connectivity index (χ0) is 21.8. The lowest BCUT2D eigenvalue weighted by atomic mass is 10.2. The Bertz CT molecular complexity index is 1090. The van der Waals surface area contributed by atoms with Crippen molar-refractivity contribution in [2.75, 3.05) is 37.6 Å². The normalized spacial score (nSPS) is 17.1. The molecule has 0 radical (unpaired) electrons. The van der Waals surface area contributed by atoms with Gasteiger partial charge in [-0.25, -0.2) is 13.1 Å². The monoisotopic (exact) mass is 438 g/mol. The van der Waals surface area contributed by atoms with Crippen LogP contribution in [0.5, 0.6) is 0 Å². The molecular weight excluding hydrogens is 412 g/mol. The Labute approximate surface area is 183 Å². The fraction of sp³-hybridized carbons (Fsp3) is 0.391. The Morgan fingerprint density at radius 3 is 2.55 bits per heavy atom. The lowest BCUT2D eigenvalue weighted by molar-refractivity contribution is 0.0767. The van der Waals surface area contributed by atoms with Crippen molar-refractivity contribution in [3.8, 4) is 6.07 Å². The van der Waals surface area contributed by atoms with Crippen LogP contribution in [0, 0.1) is 17.2 Å². The van der Waals surface area contributed by atoms with Crippen LogP contribution in [-0.4, -0.2) is 51.9 Å². The SMILES string of the molecule is N#Cc1ccc(N2CCCN(C(=O)c3cccc(S(=O)(=O)NCC4CC4)c3)CC2)cc1. The molecule has 31 heavy (non-hydrogen) atoms. The maximum atomic E-state index is 13.1. The van der Waals surface area contributed by atoms with Gasteiger partial charge in [-0.1, -0.05) is 6.07 Å². The van der Waals surface area contributed by atoms with Crippen LogP contribution < -0.4 is 9.62 Å². The Hall–Kier alpha value is -2.89. The standard InChI is InChI=1S/C23H26N4O3S/c24-16-18-7-9-21(10-8-18)26-11-2-12-27(14-13-26)23(28)20-3-1-4-22(15-20)31(29,30)25-17-19-5-6-19/h1,3-4,7-10,15,19,25H,2,5-6,11-14,17H2. The number of sulfonamides is 1. The number of nitrogens with zero attached hydrogens (tertiary/aromatic N) is 3. The third-order valence-corrected chi connectivity index (χ3v) is 7.22. The van der Waals surface area contributed by atoms with Crippen molar-refractivity contribution in [3.05, 3.63) is 59.7 Å². The van der Waals surface area contributed by atoms with Crippen molar-refractivity contribution in [1.29, 1.82) is 5.26 Å². The van der Waals surface area contributed by atoms with E-state index in [1.807, 2.05) is 12.1 Å². The molecule has 162 valence electrons. The molecule has 1 heterocycles. The summed E-state index contributed by atoms with van der Waals surface area (Å²) in [6.07, 6.45) is 2.94. The molecule has 1 N–H and O–H groups in total. The molecule has 1 saturated carbocycles. The Balaban J connectivity index is 1.42. The van der Waals surface area contributed by atoms with Crippen LogP contribution in [0.3, 0.4) is 0 Å². The van der Waals surface area contributed by atoms with E-state index < -0.39 is 10.0 Å². The number of carbonyl (C=O) groups excluding carboxylic acids is 1. The molecule has 4 rings (SSSR count). The van der Waals surface area contributed by atoms with Crippen molar-refractivity contribution < 1.29 is 13.2 Å². The number of rotatable bonds is 6. The number of amides is 1. The van der Waals surface area contributed by atoms with Gasteiger partial charge in [0, 0.05) is 44.0 Å². The number of nitriles is 1. The minimum Gasteiger partial charge on any atom is -0.370 e. The van der Waals surface area contributed by atoms with Crippen LogP contribution in [0.1, 0.15) is 35.2 Å². The van der Waals surface area contributed by atoms with Crippen LogP contribution in [0.25, 0.3) is 0 Å². The minimum atomic E-state index is -3.61. The highest BCUT2D eigenvalue weighted by molar-refractivity contribution is 7.89. The molecule has 1 amide bonds. The molecule has 2 aromatic carbocycles. The summed E-state index contributed by atoms with van der Waals surface area (Å²) in [5.74, 6) is 0.289. The second-order valence-corrected chi connectivity index (χ2v) is 9.88. The van der Waals surface area contributed by atoms with E-state index in [4.69, 9.17) is 5.26 Å². The summed E-state index contributed by atoms with van der Waals surface area (Å²) in [5, 5.41) is 8.97. The zero-order valence-corrected chi connectivity index (χ0v) is 18.1. The highest BCUT2D eigenvalue weighted by Gasteiger charge is 2.25. The second-order valence-electron chi connectivity index (χ2n) is 8.11. The first kappa shape index (κ1) is 21.3. The summed E-state index contributed by atoms with van der Waals surface area (Å²) in [7, 11) is -3.61. The van der Waals surface area contributed by atoms with Gasteiger partial charge in [-0.2, -0.15) is 5.26 Å². The van der Waals surface area contributed by atoms with Gasteiger partial charge in [-0.05, 0) is 67.6 Å². The maximum Gasteiger partial charge on any atom is 0.253 e. The molecule has 0 spiro atoms. The predicted octanol–water partition coefficient (Wildman–Crippen LogP) is 2.60. The largest absolute Gasteiger partial charge is 0.370 e. The summed E-state index contributed by atoms with van der Waals surface area (Å²) in [6.45, 7) is 3.11. The van der Waals surface area contributed by atoms with E-state index in [9.17, 15) is 13.2 Å². The molecule has 2 aromatic rings. The van der Waals surface area contributed by atoms with Gasteiger partial charge in [-0.15, -0.1) is 0 Å². The lowest BCUT2D eigenvalue weighted by Gasteiger charge is -2.24. The summed E-state index contributed by atoms with van der Waals surface area (Å²) >= 11 is 0. The Morgan fingerprint density at radius 1 is 1.06 bits per heavy atom. The first-order chi connectivity index (χ1) is 15.0. The van der Waals surface area contributed by atoms with Gasteiger partial charge in [0.2, 0.25) is 10.0 Å². The van der Waals surface area contributed by atoms with E-state index in [0.717, 1.165) is 31.5 Å². The van der Waals surface area contributed by atoms with E-state index in [2.05, 4.69) is 15.7 Å². The molecule has 8 heteroatoms. The summed E-state index contributed by atoms with van der Waals surface area (Å²) in [6, 6.07) is 15.9. The van der Waals surface area contributed by atoms with Crippen molar-refractivity contribution in [1.82, 2.24) is 9.62 Å². The minimum absolute atomic E-state index is 0.132. The first-order valence-electron chi connectivity index (χ1n) is 10.6. The van der Waals surface area contributed by atoms with E-state index in [0.29, 0.717) is 43.2 Å². The third-order valence-electron chi connectivity index (χ3n) is 5.79. The van der Waals surface area contributed by atoms with Crippen LogP contribution in [0.2, 0.25) is 0 Å². The number of hydrogen-bond donors (Lipinski definition) is 1. The van der Waals surface area contributed by atoms with Gasteiger partial charge in [0.1, 0.15) is 0 Å². The van der Waals surface area contributed by atoms with Crippen LogP contribution in [0.4, 0.5) is 5.69 Å². The van der Waals surface area contributed by atoms with Gasteiger partial charge in [0.15, 0.2) is 0 Å². The summed E-state index contributed by atoms with van der Waals surface area (Å²) in [5.41, 5.74) is 2.04. The third kappa shape index (κ3) is 5.24. The number of anilines is 1. The Kier molecular flexibility index (Phi) is 6.25. The quantitative estimate of drug-likeness (QED) is 0.748. The van der Waals surface area contributed by atoms with Gasteiger partial charge in [-0.3, -0.25) is 4.79 Å². The average Bonchev–Trinajstić information content (AvgIpc) is 3.64. The lowest BCUT2D eigenvalue weighted by Crippen LogP contribution is -2.35. The summed E-state index contributed by atoms with van der Waals surface area (Å²) in [4.78, 5) is 17.2. The van der Waals surface area contributed by atoms with Crippen LogP contribution in [0.15, 0.2) is 53.4 Å². The first-order valence-corrected chi connectivity index (χ1v) is 12.1. The highest BCUT2D eigenvalue weighted by Crippen LogP contribution is 2.28. The molecule has 0 atom stereocenters. The molecule has 0 unspecified atom stereocenters. The Morgan fingerprint density at radius 2 is 1.84 bits per heavy atom. The number of benzene rings is 2. The average molecular weight is 439 g/mol. The van der Waals surface area contributed by atoms with Gasteiger partial charge < -0.3 is 9.80 Å². The molecule has 2 aliphatic rings. The summed E-state index contributed by atoms with van der Waals surface area (Å²) < 4.78 is 27.8. The van der Waals surface area contributed by atoms with E-state index in [1.54, 1.807) is 29.2 Å². The zero-order valence-electron chi connectivity index (χ0n) is 17.3. The number of nitrogens with one attached hydrogen (secondary N) is 1. The van der Waals surface area contributed by atoms with Gasteiger partial charge >= 0.3 is 0 Å². The van der Waals surface area contributed by atoms with Gasteiger partial charge in [0.25, 0.3) is 5.91 Å². The molecule has 1 saturated heterocycles. The smallest absolute Gasteiger partial charge is 0.253 e. The molecule has 0 bridgehead atoms. The van der Waals surface area contributed by atoms with E-state index in [1.165, 1.54) is 12.1 Å². The van der Waals surface area contributed by atoms with Crippen molar-refractivity contribution in [2.24, 2.45) is 5.92 Å². The van der Waals surface area contributed by atoms with Crippen molar-refractivity contribution in [3.63, 3.8) is 0 Å². The maximum absolute atomic E-state index is 13.1. The molecule has 1 aliphatic heterocycles. The van der Waals surface area contributed by atoms with Crippen LogP contribution >= 0.6 is 0 Å². The fourth-order valence-corrected chi connectivity index (χ4v) is 4.90. The van der Waals surface area contributed by atoms with Crippen molar-refractivity contribution in [2.45, 2.75) is 24.2 Å². The van der Waals surface area contributed by atoms with Crippen LogP contribution in [-0.2, 0) is 10.0 Å². The highest BCUT2D eigenvalue weighted by atomic mass is 32.2. The number of carbonyl (C=O) groups is 1. The topological polar surface area (TPSA) is 93.5 Å². The molecule has 7 nitrogen and oxygen atoms in total. The molecule has 0 aromatic heterocycles. The van der Waals surface area contributed by atoms with E-state index in [-0.39, 0.29) is 10.8 Å². The fourth-order valence-electron chi connectivity index (χ4n) is 3.74. The molecule has 1 aliphatic carbocycles. The van der Waals surface area contributed by atoms with E-state index >= 15 is 0 Å². The van der Waals surface area contributed by atoms with Gasteiger partial charge in [0.05, 0.1) is 16.5 Å².